The first kappa shape index (κ1) is 15.2. The molecule has 0 aliphatic heterocycles. The Balaban J connectivity index is 2.39. The number of benzene rings is 1. The van der Waals surface area contributed by atoms with Crippen molar-refractivity contribution in [3.63, 3.8) is 0 Å². The molecule has 0 aliphatic carbocycles. The van der Waals surface area contributed by atoms with Crippen molar-refractivity contribution in [3.05, 3.63) is 35.2 Å². The van der Waals surface area contributed by atoms with Crippen LogP contribution in [0.4, 0.5) is 14.5 Å². The molecule has 0 fully saturated rings. The Kier molecular flexibility index (Phi) is 4.74. The van der Waals surface area contributed by atoms with Gasteiger partial charge in [0.25, 0.3) is 0 Å². The Morgan fingerprint density at radius 3 is 2.76 bits per heavy atom. The number of carbonyl (C=O) groups excluding carboxylic acids is 1. The predicted molar refractivity (Wildman–Crippen MR) is 76.8 cm³/mol. The molecule has 2 aromatic rings. The molecular formula is C14H13F2NO3S. The molecular weight excluding hydrogens is 300 g/mol. The van der Waals surface area contributed by atoms with Crippen LogP contribution in [0.1, 0.15) is 16.6 Å². The van der Waals surface area contributed by atoms with Crippen LogP contribution in [0.25, 0.3) is 10.4 Å². The molecule has 0 unspecified atom stereocenters. The van der Waals surface area contributed by atoms with Gasteiger partial charge in [-0.1, -0.05) is 12.1 Å². The van der Waals surface area contributed by atoms with Crippen LogP contribution in [0.2, 0.25) is 0 Å². The number of esters is 1. The van der Waals surface area contributed by atoms with Crippen molar-refractivity contribution in [3.8, 4) is 16.2 Å². The molecule has 2 N–H and O–H groups in total. The molecule has 1 aromatic heterocycles. The number of nitrogen functional groups attached to an aromatic ring is 1. The van der Waals surface area contributed by atoms with E-state index >= 15 is 0 Å². The summed E-state index contributed by atoms with van der Waals surface area (Å²) in [4.78, 5) is 12.5. The summed E-state index contributed by atoms with van der Waals surface area (Å²) in [6.45, 7) is -1.00. The van der Waals surface area contributed by atoms with Crippen molar-refractivity contribution in [2.24, 2.45) is 0 Å². The second kappa shape index (κ2) is 6.53. The number of alkyl halides is 2. The molecule has 21 heavy (non-hydrogen) atoms. The van der Waals surface area contributed by atoms with Gasteiger partial charge in [0.2, 0.25) is 0 Å². The molecule has 4 nitrogen and oxygen atoms in total. The van der Waals surface area contributed by atoms with Crippen LogP contribution in [0.15, 0.2) is 30.3 Å². The van der Waals surface area contributed by atoms with E-state index in [-0.39, 0.29) is 22.9 Å². The van der Waals surface area contributed by atoms with E-state index in [1.807, 2.05) is 0 Å². The lowest BCUT2D eigenvalue weighted by Crippen LogP contribution is -2.04. The zero-order valence-electron chi connectivity index (χ0n) is 11.1. The zero-order chi connectivity index (χ0) is 15.4. The van der Waals surface area contributed by atoms with Gasteiger partial charge in [-0.05, 0) is 25.1 Å². The van der Waals surface area contributed by atoms with E-state index in [1.54, 1.807) is 31.2 Å². The van der Waals surface area contributed by atoms with Gasteiger partial charge in [-0.15, -0.1) is 11.3 Å². The van der Waals surface area contributed by atoms with E-state index in [9.17, 15) is 13.6 Å². The average Bonchev–Trinajstić information content (AvgIpc) is 2.81. The Morgan fingerprint density at radius 1 is 1.38 bits per heavy atom. The fraction of sp³-hybridized carbons (Fsp3) is 0.214. The van der Waals surface area contributed by atoms with E-state index in [0.717, 1.165) is 11.3 Å². The maximum Gasteiger partial charge on any atom is 0.387 e. The smallest absolute Gasteiger partial charge is 0.387 e. The first-order chi connectivity index (χ1) is 10.0. The van der Waals surface area contributed by atoms with Gasteiger partial charge in [0, 0.05) is 10.4 Å². The lowest BCUT2D eigenvalue weighted by atomic mass is 10.1. The topological polar surface area (TPSA) is 61.5 Å². The molecule has 1 heterocycles. The summed E-state index contributed by atoms with van der Waals surface area (Å²) >= 11 is 1.08. The highest BCUT2D eigenvalue weighted by molar-refractivity contribution is 7.18. The van der Waals surface area contributed by atoms with Crippen molar-refractivity contribution in [1.29, 1.82) is 0 Å². The molecule has 112 valence electrons. The predicted octanol–water partition coefficient (Wildman–Crippen LogP) is 3.78. The molecule has 0 spiro atoms. The van der Waals surface area contributed by atoms with Crippen LogP contribution >= 0.6 is 11.3 Å². The molecule has 0 atom stereocenters. The van der Waals surface area contributed by atoms with E-state index in [4.69, 9.17) is 10.5 Å². The van der Waals surface area contributed by atoms with Crippen LogP contribution in [0.3, 0.4) is 0 Å². The van der Waals surface area contributed by atoms with E-state index < -0.39 is 12.6 Å². The van der Waals surface area contributed by atoms with Gasteiger partial charge < -0.3 is 15.2 Å². The lowest BCUT2D eigenvalue weighted by Gasteiger charge is -2.08. The molecule has 0 bridgehead atoms. The van der Waals surface area contributed by atoms with Crippen molar-refractivity contribution in [2.45, 2.75) is 13.5 Å². The Morgan fingerprint density at radius 2 is 2.10 bits per heavy atom. The molecule has 0 saturated carbocycles. The van der Waals surface area contributed by atoms with Crippen LogP contribution in [0.5, 0.6) is 5.75 Å². The summed E-state index contributed by atoms with van der Waals surface area (Å²) in [5, 5.41) is 0. The summed E-state index contributed by atoms with van der Waals surface area (Å²) in [7, 11) is 0. The monoisotopic (exact) mass is 313 g/mol. The van der Waals surface area contributed by atoms with Crippen molar-refractivity contribution < 1.29 is 23.0 Å². The van der Waals surface area contributed by atoms with Gasteiger partial charge in [-0.3, -0.25) is 0 Å². The highest BCUT2D eigenvalue weighted by Crippen LogP contribution is 2.38. The summed E-state index contributed by atoms with van der Waals surface area (Å²) in [5.41, 5.74) is 6.48. The number of carbonyl (C=O) groups is 1. The number of hydrogen-bond acceptors (Lipinski definition) is 5. The number of anilines is 1. The zero-order valence-corrected chi connectivity index (χ0v) is 12.0. The fourth-order valence-corrected chi connectivity index (χ4v) is 2.77. The van der Waals surface area contributed by atoms with Crippen molar-refractivity contribution in [1.82, 2.24) is 0 Å². The molecule has 1 aromatic carbocycles. The molecule has 2 rings (SSSR count). The summed E-state index contributed by atoms with van der Waals surface area (Å²) in [6.07, 6.45) is 0. The quantitative estimate of drug-likeness (QED) is 0.853. The molecule has 0 saturated heterocycles. The number of para-hydroxylation sites is 1. The third kappa shape index (κ3) is 3.49. The number of thiophene rings is 1. The van der Waals surface area contributed by atoms with Crippen LogP contribution in [0, 0.1) is 0 Å². The third-order valence-electron chi connectivity index (χ3n) is 2.59. The molecule has 0 amide bonds. The maximum absolute atomic E-state index is 12.4. The van der Waals surface area contributed by atoms with Gasteiger partial charge >= 0.3 is 12.6 Å². The first-order valence-corrected chi connectivity index (χ1v) is 6.95. The van der Waals surface area contributed by atoms with Crippen molar-refractivity contribution >= 4 is 23.0 Å². The largest absolute Gasteiger partial charge is 0.462 e. The summed E-state index contributed by atoms with van der Waals surface area (Å²) < 4.78 is 34.2. The highest BCUT2D eigenvalue weighted by Gasteiger charge is 2.19. The van der Waals surface area contributed by atoms with E-state index in [1.165, 1.54) is 6.07 Å². The number of nitrogens with two attached hydrogens (primary N) is 1. The molecule has 0 radical (unpaired) electrons. The average molecular weight is 313 g/mol. The number of rotatable bonds is 5. The molecule has 7 heteroatoms. The minimum atomic E-state index is -2.92. The number of ether oxygens (including phenoxy) is 2. The first-order valence-electron chi connectivity index (χ1n) is 6.13. The number of halogens is 2. The minimum absolute atomic E-state index is 0.0316. The van der Waals surface area contributed by atoms with Crippen LogP contribution in [-0.4, -0.2) is 19.2 Å². The van der Waals surface area contributed by atoms with Gasteiger partial charge in [0.15, 0.2) is 0 Å². The fourth-order valence-electron chi connectivity index (χ4n) is 1.76. The summed E-state index contributed by atoms with van der Waals surface area (Å²) in [5.74, 6) is -0.498. The second-order valence-electron chi connectivity index (χ2n) is 3.99. The van der Waals surface area contributed by atoms with Gasteiger partial charge in [-0.25, -0.2) is 4.79 Å². The van der Waals surface area contributed by atoms with E-state index in [2.05, 4.69) is 4.74 Å². The van der Waals surface area contributed by atoms with Gasteiger partial charge in [-0.2, -0.15) is 8.78 Å². The Labute approximate surface area is 124 Å². The SMILES string of the molecule is CCOC(=O)c1sc(-c2ccccc2OC(F)F)cc1N. The molecule has 0 aliphatic rings. The lowest BCUT2D eigenvalue weighted by molar-refractivity contribution is -0.0494. The van der Waals surface area contributed by atoms with Crippen molar-refractivity contribution in [2.75, 3.05) is 12.3 Å². The maximum atomic E-state index is 12.4. The minimum Gasteiger partial charge on any atom is -0.462 e. The van der Waals surface area contributed by atoms with Crippen LogP contribution < -0.4 is 10.5 Å². The number of hydrogen-bond donors (Lipinski definition) is 1. The normalized spacial score (nSPS) is 10.7. The second-order valence-corrected chi connectivity index (χ2v) is 5.04. The summed E-state index contributed by atoms with van der Waals surface area (Å²) in [6, 6.07) is 7.88. The third-order valence-corrected chi connectivity index (χ3v) is 3.75. The Bertz CT molecular complexity index is 643. The van der Waals surface area contributed by atoms with Gasteiger partial charge in [0.05, 0.1) is 12.3 Å². The highest BCUT2D eigenvalue weighted by atomic mass is 32.1. The Hall–Kier alpha value is -2.15. The van der Waals surface area contributed by atoms with E-state index in [0.29, 0.717) is 10.4 Å². The van der Waals surface area contributed by atoms with Crippen LogP contribution in [-0.2, 0) is 4.74 Å². The standard InChI is InChI=1S/C14H13F2NO3S/c1-2-19-13(18)12-9(17)7-11(21-12)8-5-3-4-6-10(8)20-14(15)16/h3-7,14H,2,17H2,1H3. The van der Waals surface area contributed by atoms with Gasteiger partial charge in [0.1, 0.15) is 10.6 Å².